The molecule has 19 heavy (non-hydrogen) atoms. The van der Waals surface area contributed by atoms with Gasteiger partial charge in [-0.1, -0.05) is 0 Å². The molecular formula is C13H16N4O2. The number of furan rings is 1. The van der Waals surface area contributed by atoms with E-state index in [4.69, 9.17) is 10.2 Å². The van der Waals surface area contributed by atoms with Gasteiger partial charge in [-0.05, 0) is 39.0 Å². The summed E-state index contributed by atoms with van der Waals surface area (Å²) in [7, 11) is 0. The van der Waals surface area contributed by atoms with Crippen LogP contribution in [-0.4, -0.2) is 16.1 Å². The summed E-state index contributed by atoms with van der Waals surface area (Å²) in [4.78, 5) is 10.9. The lowest BCUT2D eigenvalue weighted by atomic mass is 10.1. The van der Waals surface area contributed by atoms with E-state index in [1.165, 1.54) is 6.07 Å². The molecular weight excluding hydrogens is 244 g/mol. The third kappa shape index (κ3) is 2.90. The zero-order valence-electron chi connectivity index (χ0n) is 11.1. The van der Waals surface area contributed by atoms with Crippen LogP contribution in [0.2, 0.25) is 0 Å². The van der Waals surface area contributed by atoms with Crippen LogP contribution in [0.4, 0.5) is 5.82 Å². The number of nitrogens with zero attached hydrogens (tertiary/aromatic N) is 2. The van der Waals surface area contributed by atoms with Crippen LogP contribution in [-0.2, 0) is 0 Å². The summed E-state index contributed by atoms with van der Waals surface area (Å²) in [6.07, 6.45) is 0. The van der Waals surface area contributed by atoms with Crippen molar-refractivity contribution in [3.8, 4) is 0 Å². The topological polar surface area (TPSA) is 94.0 Å². The Kier molecular flexibility index (Phi) is 3.50. The number of hydrogen-bond acceptors (Lipinski definition) is 5. The van der Waals surface area contributed by atoms with E-state index in [0.29, 0.717) is 5.82 Å². The molecule has 2 rings (SSSR count). The highest BCUT2D eigenvalue weighted by Gasteiger charge is 2.13. The number of rotatable bonds is 4. The molecule has 1 amide bonds. The van der Waals surface area contributed by atoms with E-state index in [1.807, 2.05) is 26.8 Å². The third-order valence-corrected chi connectivity index (χ3v) is 2.83. The molecule has 1 atom stereocenters. The maximum Gasteiger partial charge on any atom is 0.269 e. The Morgan fingerprint density at radius 3 is 2.58 bits per heavy atom. The first-order valence-corrected chi connectivity index (χ1v) is 5.94. The monoisotopic (exact) mass is 260 g/mol. The number of hydrogen-bond donors (Lipinski definition) is 2. The van der Waals surface area contributed by atoms with Gasteiger partial charge in [0.15, 0.2) is 5.69 Å². The van der Waals surface area contributed by atoms with Gasteiger partial charge >= 0.3 is 0 Å². The van der Waals surface area contributed by atoms with E-state index in [9.17, 15) is 4.79 Å². The second-order valence-corrected chi connectivity index (χ2v) is 4.40. The molecule has 3 N–H and O–H groups in total. The molecule has 0 bridgehead atoms. The number of carbonyl (C=O) groups is 1. The third-order valence-electron chi connectivity index (χ3n) is 2.83. The molecule has 0 fully saturated rings. The molecule has 2 aromatic rings. The van der Waals surface area contributed by atoms with E-state index in [-0.39, 0.29) is 11.7 Å². The zero-order chi connectivity index (χ0) is 14.0. The van der Waals surface area contributed by atoms with E-state index < -0.39 is 5.91 Å². The van der Waals surface area contributed by atoms with Crippen LogP contribution >= 0.6 is 0 Å². The molecule has 0 aromatic carbocycles. The quantitative estimate of drug-likeness (QED) is 0.876. The van der Waals surface area contributed by atoms with Crippen molar-refractivity contribution in [2.75, 3.05) is 5.32 Å². The van der Waals surface area contributed by atoms with Gasteiger partial charge in [0.1, 0.15) is 17.3 Å². The minimum Gasteiger partial charge on any atom is -0.466 e. The molecule has 6 nitrogen and oxygen atoms in total. The molecule has 100 valence electrons. The first kappa shape index (κ1) is 13.1. The highest BCUT2D eigenvalue weighted by atomic mass is 16.3. The number of anilines is 1. The van der Waals surface area contributed by atoms with E-state index in [2.05, 4.69) is 15.5 Å². The van der Waals surface area contributed by atoms with Gasteiger partial charge in [-0.2, -0.15) is 0 Å². The van der Waals surface area contributed by atoms with Crippen LogP contribution in [0.3, 0.4) is 0 Å². The van der Waals surface area contributed by atoms with Crippen molar-refractivity contribution in [2.45, 2.75) is 26.8 Å². The first-order valence-electron chi connectivity index (χ1n) is 5.94. The van der Waals surface area contributed by atoms with Crippen molar-refractivity contribution < 1.29 is 9.21 Å². The number of aromatic nitrogens is 2. The Morgan fingerprint density at radius 2 is 2.11 bits per heavy atom. The number of amides is 1. The van der Waals surface area contributed by atoms with Gasteiger partial charge in [-0.3, -0.25) is 4.79 Å². The predicted octanol–water partition coefficient (Wildman–Crippen LogP) is 1.96. The number of carbonyl (C=O) groups excluding carboxylic acids is 1. The Labute approximate surface area is 111 Å². The largest absolute Gasteiger partial charge is 0.466 e. The second kappa shape index (κ2) is 5.09. The van der Waals surface area contributed by atoms with E-state index >= 15 is 0 Å². The smallest absolute Gasteiger partial charge is 0.269 e. The van der Waals surface area contributed by atoms with Crippen LogP contribution in [0.25, 0.3) is 0 Å². The highest BCUT2D eigenvalue weighted by Crippen LogP contribution is 2.23. The van der Waals surface area contributed by atoms with Crippen molar-refractivity contribution in [3.05, 3.63) is 41.0 Å². The lowest BCUT2D eigenvalue weighted by Gasteiger charge is -2.13. The fourth-order valence-electron chi connectivity index (χ4n) is 1.92. The van der Waals surface area contributed by atoms with Gasteiger partial charge in [0, 0.05) is 5.56 Å². The SMILES string of the molecule is Cc1cc(C(C)Nc2ccc(C(N)=O)nn2)c(C)o1. The second-order valence-electron chi connectivity index (χ2n) is 4.40. The van der Waals surface area contributed by atoms with Crippen molar-refractivity contribution in [3.63, 3.8) is 0 Å². The molecule has 2 heterocycles. The average Bonchev–Trinajstić information content (AvgIpc) is 2.69. The first-order chi connectivity index (χ1) is 8.97. The molecule has 0 aliphatic carbocycles. The minimum atomic E-state index is -0.589. The van der Waals surface area contributed by atoms with E-state index in [1.54, 1.807) is 6.07 Å². The summed E-state index contributed by atoms with van der Waals surface area (Å²) >= 11 is 0. The highest BCUT2D eigenvalue weighted by molar-refractivity contribution is 5.90. The number of aryl methyl sites for hydroxylation is 2. The lowest BCUT2D eigenvalue weighted by molar-refractivity contribution is 0.0994. The molecule has 0 saturated carbocycles. The fourth-order valence-corrected chi connectivity index (χ4v) is 1.92. The summed E-state index contributed by atoms with van der Waals surface area (Å²) in [5.41, 5.74) is 6.32. The molecule has 1 unspecified atom stereocenters. The summed E-state index contributed by atoms with van der Waals surface area (Å²) in [5.74, 6) is 1.74. The Bertz CT molecular complexity index is 589. The standard InChI is InChI=1S/C13H16N4O2/c1-7-6-10(9(3)19-7)8(2)15-12-5-4-11(13(14)18)16-17-12/h4-6,8H,1-3H3,(H2,14,18)(H,15,17). The summed E-state index contributed by atoms with van der Waals surface area (Å²) in [6.45, 7) is 5.83. The molecule has 6 heteroatoms. The van der Waals surface area contributed by atoms with Gasteiger partial charge in [0.05, 0.1) is 6.04 Å². The Hall–Kier alpha value is -2.37. The maximum atomic E-state index is 10.9. The Balaban J connectivity index is 2.12. The van der Waals surface area contributed by atoms with Crippen molar-refractivity contribution >= 4 is 11.7 Å². The number of nitrogens with one attached hydrogen (secondary N) is 1. The molecule has 0 aliphatic rings. The molecule has 2 aromatic heterocycles. The number of nitrogens with two attached hydrogens (primary N) is 1. The van der Waals surface area contributed by atoms with Crippen LogP contribution in [0.5, 0.6) is 0 Å². The Morgan fingerprint density at radius 1 is 1.37 bits per heavy atom. The van der Waals surface area contributed by atoms with Crippen LogP contribution < -0.4 is 11.1 Å². The van der Waals surface area contributed by atoms with Crippen molar-refractivity contribution in [1.29, 1.82) is 0 Å². The van der Waals surface area contributed by atoms with E-state index in [0.717, 1.165) is 17.1 Å². The van der Waals surface area contributed by atoms with Crippen LogP contribution in [0, 0.1) is 13.8 Å². The molecule has 0 aliphatic heterocycles. The maximum absolute atomic E-state index is 10.9. The van der Waals surface area contributed by atoms with Crippen molar-refractivity contribution in [2.24, 2.45) is 5.73 Å². The van der Waals surface area contributed by atoms with Gasteiger partial charge in [0.25, 0.3) is 5.91 Å². The average molecular weight is 260 g/mol. The summed E-state index contributed by atoms with van der Waals surface area (Å²) < 4.78 is 5.49. The van der Waals surface area contributed by atoms with Gasteiger partial charge in [0.2, 0.25) is 0 Å². The number of primary amides is 1. The zero-order valence-corrected chi connectivity index (χ0v) is 11.1. The summed E-state index contributed by atoms with van der Waals surface area (Å²) in [5, 5.41) is 10.8. The molecule has 0 radical (unpaired) electrons. The van der Waals surface area contributed by atoms with Gasteiger partial charge in [-0.25, -0.2) is 0 Å². The normalized spacial score (nSPS) is 12.2. The lowest BCUT2D eigenvalue weighted by Crippen LogP contribution is -2.15. The van der Waals surface area contributed by atoms with Crippen molar-refractivity contribution in [1.82, 2.24) is 10.2 Å². The molecule has 0 spiro atoms. The van der Waals surface area contributed by atoms with Gasteiger partial charge in [-0.15, -0.1) is 10.2 Å². The van der Waals surface area contributed by atoms with Crippen LogP contribution in [0.1, 0.15) is 40.5 Å². The fraction of sp³-hybridized carbons (Fsp3) is 0.308. The summed E-state index contributed by atoms with van der Waals surface area (Å²) in [6, 6.07) is 5.23. The minimum absolute atomic E-state index is 0.0335. The van der Waals surface area contributed by atoms with Gasteiger partial charge < -0.3 is 15.5 Å². The molecule has 0 saturated heterocycles. The predicted molar refractivity (Wildman–Crippen MR) is 70.8 cm³/mol. The van der Waals surface area contributed by atoms with Crippen LogP contribution in [0.15, 0.2) is 22.6 Å².